The van der Waals surface area contributed by atoms with Crippen LogP contribution in [-0.2, 0) is 0 Å². The molecule has 1 aromatic rings. The smallest absolute Gasteiger partial charge is 0.120 e. The molecule has 0 bridgehead atoms. The standard InChI is InChI=1S/C17H27NO/c1-3-12-18-16-10-5-4-6-11-17(16)19-15-9-7-8-14(2)13-15/h7-9,13,16-18H,3-6,10-12H2,1-2H3. The van der Waals surface area contributed by atoms with Gasteiger partial charge in [0, 0.05) is 6.04 Å². The van der Waals surface area contributed by atoms with E-state index in [4.69, 9.17) is 4.74 Å². The molecule has 0 amide bonds. The Morgan fingerprint density at radius 2 is 2.05 bits per heavy atom. The first kappa shape index (κ1) is 14.4. The maximum atomic E-state index is 6.26. The van der Waals surface area contributed by atoms with Gasteiger partial charge in [0.15, 0.2) is 0 Å². The van der Waals surface area contributed by atoms with Gasteiger partial charge in [0.2, 0.25) is 0 Å². The number of ether oxygens (including phenoxy) is 1. The van der Waals surface area contributed by atoms with Crippen molar-refractivity contribution >= 4 is 0 Å². The van der Waals surface area contributed by atoms with E-state index < -0.39 is 0 Å². The molecule has 2 nitrogen and oxygen atoms in total. The summed E-state index contributed by atoms with van der Waals surface area (Å²) in [7, 11) is 0. The van der Waals surface area contributed by atoms with E-state index in [2.05, 4.69) is 43.4 Å². The Kier molecular flexibility index (Phi) is 5.71. The maximum Gasteiger partial charge on any atom is 0.120 e. The third kappa shape index (κ3) is 4.54. The first-order valence-electron chi connectivity index (χ1n) is 7.76. The van der Waals surface area contributed by atoms with Gasteiger partial charge in [-0.3, -0.25) is 0 Å². The van der Waals surface area contributed by atoms with E-state index in [0.717, 1.165) is 12.3 Å². The largest absolute Gasteiger partial charge is 0.489 e. The highest BCUT2D eigenvalue weighted by Gasteiger charge is 2.24. The SMILES string of the molecule is CCCNC1CCCCCC1Oc1cccc(C)c1. The molecule has 0 heterocycles. The molecule has 106 valence electrons. The van der Waals surface area contributed by atoms with Crippen LogP contribution < -0.4 is 10.1 Å². The summed E-state index contributed by atoms with van der Waals surface area (Å²) in [5, 5.41) is 3.67. The minimum atomic E-state index is 0.329. The van der Waals surface area contributed by atoms with E-state index in [9.17, 15) is 0 Å². The van der Waals surface area contributed by atoms with E-state index >= 15 is 0 Å². The molecule has 1 aliphatic carbocycles. The second-order valence-corrected chi connectivity index (χ2v) is 5.67. The molecule has 1 aromatic carbocycles. The molecule has 0 radical (unpaired) electrons. The molecule has 2 unspecified atom stereocenters. The molecule has 1 fully saturated rings. The van der Waals surface area contributed by atoms with Crippen molar-refractivity contribution in [3.8, 4) is 5.75 Å². The van der Waals surface area contributed by atoms with Gasteiger partial charge in [-0.2, -0.15) is 0 Å². The van der Waals surface area contributed by atoms with Gasteiger partial charge in [0.1, 0.15) is 11.9 Å². The van der Waals surface area contributed by atoms with E-state index in [1.165, 1.54) is 44.1 Å². The van der Waals surface area contributed by atoms with Crippen molar-refractivity contribution in [3.63, 3.8) is 0 Å². The van der Waals surface area contributed by atoms with Crippen molar-refractivity contribution in [2.45, 2.75) is 64.5 Å². The van der Waals surface area contributed by atoms with Gasteiger partial charge >= 0.3 is 0 Å². The van der Waals surface area contributed by atoms with Crippen molar-refractivity contribution in [3.05, 3.63) is 29.8 Å². The second-order valence-electron chi connectivity index (χ2n) is 5.67. The third-order valence-electron chi connectivity index (χ3n) is 3.89. The fourth-order valence-electron chi connectivity index (χ4n) is 2.84. The van der Waals surface area contributed by atoms with Crippen LogP contribution in [0.1, 0.15) is 51.0 Å². The summed E-state index contributed by atoms with van der Waals surface area (Å²) in [6.07, 6.45) is 7.91. The number of benzene rings is 1. The molecule has 1 aliphatic rings. The second kappa shape index (κ2) is 7.54. The summed E-state index contributed by atoms with van der Waals surface area (Å²) in [4.78, 5) is 0. The van der Waals surface area contributed by atoms with Gasteiger partial charge in [-0.05, 0) is 56.8 Å². The van der Waals surface area contributed by atoms with Gasteiger partial charge in [0.05, 0.1) is 0 Å². The maximum absolute atomic E-state index is 6.26. The first-order valence-corrected chi connectivity index (χ1v) is 7.76. The molecule has 0 saturated heterocycles. The Balaban J connectivity index is 2.00. The number of hydrogen-bond acceptors (Lipinski definition) is 2. The van der Waals surface area contributed by atoms with E-state index in [1.54, 1.807) is 0 Å². The van der Waals surface area contributed by atoms with Crippen molar-refractivity contribution in [2.24, 2.45) is 0 Å². The molecule has 2 heteroatoms. The molecule has 1 N–H and O–H groups in total. The number of aryl methyl sites for hydroxylation is 1. The van der Waals surface area contributed by atoms with Gasteiger partial charge < -0.3 is 10.1 Å². The highest BCUT2D eigenvalue weighted by Crippen LogP contribution is 2.24. The Labute approximate surface area is 117 Å². The summed E-state index contributed by atoms with van der Waals surface area (Å²) in [6.45, 7) is 5.44. The normalized spacial score (nSPS) is 23.9. The Morgan fingerprint density at radius 1 is 1.21 bits per heavy atom. The van der Waals surface area contributed by atoms with E-state index in [1.807, 2.05) is 0 Å². The van der Waals surface area contributed by atoms with Crippen LogP contribution in [0.3, 0.4) is 0 Å². The quantitative estimate of drug-likeness (QED) is 0.807. The van der Waals surface area contributed by atoms with Crippen LogP contribution in [0.15, 0.2) is 24.3 Å². The van der Waals surface area contributed by atoms with E-state index in [0.29, 0.717) is 12.1 Å². The average molecular weight is 261 g/mol. The predicted molar refractivity (Wildman–Crippen MR) is 80.8 cm³/mol. The zero-order valence-corrected chi connectivity index (χ0v) is 12.3. The zero-order chi connectivity index (χ0) is 13.5. The molecule has 1 saturated carbocycles. The van der Waals surface area contributed by atoms with Crippen LogP contribution in [0.2, 0.25) is 0 Å². The summed E-state index contributed by atoms with van der Waals surface area (Å²) < 4.78 is 6.26. The molecule has 19 heavy (non-hydrogen) atoms. The lowest BCUT2D eigenvalue weighted by molar-refractivity contribution is 0.144. The molecule has 0 spiro atoms. The van der Waals surface area contributed by atoms with Crippen molar-refractivity contribution in [2.75, 3.05) is 6.54 Å². The average Bonchev–Trinajstić information content (AvgIpc) is 2.62. The van der Waals surface area contributed by atoms with Crippen LogP contribution in [0.5, 0.6) is 5.75 Å². The Hall–Kier alpha value is -1.02. The van der Waals surface area contributed by atoms with Crippen molar-refractivity contribution < 1.29 is 4.74 Å². The molecule has 0 aliphatic heterocycles. The molecule has 2 atom stereocenters. The van der Waals surface area contributed by atoms with Gasteiger partial charge in [-0.25, -0.2) is 0 Å². The predicted octanol–water partition coefficient (Wildman–Crippen LogP) is 4.07. The molecular weight excluding hydrogens is 234 g/mol. The number of hydrogen-bond donors (Lipinski definition) is 1. The monoisotopic (exact) mass is 261 g/mol. The highest BCUT2D eigenvalue weighted by molar-refractivity contribution is 5.27. The first-order chi connectivity index (χ1) is 9.29. The Morgan fingerprint density at radius 3 is 2.84 bits per heavy atom. The van der Waals surface area contributed by atoms with E-state index in [-0.39, 0.29) is 0 Å². The summed E-state index contributed by atoms with van der Waals surface area (Å²) in [5.41, 5.74) is 1.27. The molecular formula is C17H27NO. The van der Waals surface area contributed by atoms with Crippen LogP contribution in [-0.4, -0.2) is 18.7 Å². The van der Waals surface area contributed by atoms with Gasteiger partial charge in [-0.15, -0.1) is 0 Å². The van der Waals surface area contributed by atoms with Crippen LogP contribution in [0.25, 0.3) is 0 Å². The topological polar surface area (TPSA) is 21.3 Å². The van der Waals surface area contributed by atoms with Gasteiger partial charge in [-0.1, -0.05) is 31.9 Å². The van der Waals surface area contributed by atoms with Crippen LogP contribution in [0, 0.1) is 6.92 Å². The minimum Gasteiger partial charge on any atom is -0.489 e. The number of rotatable bonds is 5. The van der Waals surface area contributed by atoms with Crippen LogP contribution in [0.4, 0.5) is 0 Å². The lowest BCUT2D eigenvalue weighted by Crippen LogP contribution is -2.42. The van der Waals surface area contributed by atoms with Crippen molar-refractivity contribution in [1.82, 2.24) is 5.32 Å². The fourth-order valence-corrected chi connectivity index (χ4v) is 2.84. The lowest BCUT2D eigenvalue weighted by Gasteiger charge is -2.27. The zero-order valence-electron chi connectivity index (χ0n) is 12.3. The highest BCUT2D eigenvalue weighted by atomic mass is 16.5. The summed E-state index contributed by atoms with van der Waals surface area (Å²) in [5.74, 6) is 1.02. The summed E-state index contributed by atoms with van der Waals surface area (Å²) >= 11 is 0. The molecule has 0 aromatic heterocycles. The van der Waals surface area contributed by atoms with Gasteiger partial charge in [0.25, 0.3) is 0 Å². The minimum absolute atomic E-state index is 0.329. The lowest BCUT2D eigenvalue weighted by atomic mass is 10.1. The van der Waals surface area contributed by atoms with Crippen molar-refractivity contribution in [1.29, 1.82) is 0 Å². The fraction of sp³-hybridized carbons (Fsp3) is 0.647. The third-order valence-corrected chi connectivity index (χ3v) is 3.89. The van der Waals surface area contributed by atoms with Crippen LogP contribution >= 0.6 is 0 Å². The summed E-state index contributed by atoms with van der Waals surface area (Å²) in [6, 6.07) is 8.93. The number of nitrogens with one attached hydrogen (secondary N) is 1. The Bertz CT molecular complexity index is 377. The molecule has 2 rings (SSSR count).